The molecule has 90 valence electrons. The zero-order valence-electron chi connectivity index (χ0n) is 11.0. The second-order valence-corrected chi connectivity index (χ2v) is 4.48. The van der Waals surface area contributed by atoms with E-state index < -0.39 is 0 Å². The third kappa shape index (κ3) is 3.94. The van der Waals surface area contributed by atoms with Crippen molar-refractivity contribution in [2.75, 3.05) is 6.26 Å². The van der Waals surface area contributed by atoms with Gasteiger partial charge in [-0.25, -0.2) is 0 Å². The molecule has 17 heavy (non-hydrogen) atoms. The molecule has 0 amide bonds. The monoisotopic (exact) mass is 244 g/mol. The molecule has 0 aliphatic carbocycles. The Morgan fingerprint density at radius 2 is 1.47 bits per heavy atom. The van der Waals surface area contributed by atoms with Gasteiger partial charge >= 0.3 is 0 Å². The number of benzene rings is 2. The molecular formula is C16H20S. The van der Waals surface area contributed by atoms with Gasteiger partial charge < -0.3 is 0 Å². The molecule has 0 unspecified atom stereocenters. The number of aryl methyl sites for hydroxylation is 1. The average molecular weight is 244 g/mol. The van der Waals surface area contributed by atoms with Gasteiger partial charge in [-0.2, -0.15) is 0 Å². The summed E-state index contributed by atoms with van der Waals surface area (Å²) in [4.78, 5) is 1.31. The van der Waals surface area contributed by atoms with Crippen molar-refractivity contribution in [2.24, 2.45) is 0 Å². The van der Waals surface area contributed by atoms with E-state index in [4.69, 9.17) is 0 Å². The van der Waals surface area contributed by atoms with E-state index in [-0.39, 0.29) is 0 Å². The lowest BCUT2D eigenvalue weighted by atomic mass is 10.0. The fourth-order valence-corrected chi connectivity index (χ4v) is 2.02. The lowest BCUT2D eigenvalue weighted by Crippen LogP contribution is -1.79. The highest BCUT2D eigenvalue weighted by atomic mass is 32.2. The second-order valence-electron chi connectivity index (χ2n) is 3.60. The number of hydrogen-bond donors (Lipinski definition) is 0. The topological polar surface area (TPSA) is 0 Å². The van der Waals surface area contributed by atoms with Crippen molar-refractivity contribution in [1.29, 1.82) is 0 Å². The van der Waals surface area contributed by atoms with Gasteiger partial charge in [0.2, 0.25) is 0 Å². The molecule has 0 fully saturated rings. The molecule has 0 atom stereocenters. The molecule has 0 heterocycles. The van der Waals surface area contributed by atoms with Gasteiger partial charge in [0.05, 0.1) is 0 Å². The van der Waals surface area contributed by atoms with Gasteiger partial charge in [-0.15, -0.1) is 11.8 Å². The van der Waals surface area contributed by atoms with E-state index in [0.717, 1.165) is 0 Å². The Hall–Kier alpha value is -1.21. The smallest absolute Gasteiger partial charge is 0.00695 e. The van der Waals surface area contributed by atoms with Crippen molar-refractivity contribution in [3.05, 3.63) is 54.1 Å². The zero-order valence-corrected chi connectivity index (χ0v) is 11.8. The molecule has 0 spiro atoms. The molecule has 0 aliphatic rings. The van der Waals surface area contributed by atoms with Crippen molar-refractivity contribution in [1.82, 2.24) is 0 Å². The van der Waals surface area contributed by atoms with E-state index in [1.165, 1.54) is 21.6 Å². The van der Waals surface area contributed by atoms with Gasteiger partial charge in [0.15, 0.2) is 0 Å². The molecule has 0 nitrogen and oxygen atoms in total. The minimum atomic E-state index is 1.29. The van der Waals surface area contributed by atoms with Crippen molar-refractivity contribution >= 4 is 11.8 Å². The Kier molecular flexibility index (Phi) is 5.85. The normalized spacial score (nSPS) is 9.41. The summed E-state index contributed by atoms with van der Waals surface area (Å²) in [6, 6.07) is 17.3. The highest BCUT2D eigenvalue weighted by Crippen LogP contribution is 2.23. The summed E-state index contributed by atoms with van der Waals surface area (Å²) in [7, 11) is 0. The van der Waals surface area contributed by atoms with Crippen LogP contribution < -0.4 is 0 Å². The molecule has 0 bridgehead atoms. The summed E-state index contributed by atoms with van der Waals surface area (Å²) in [5.41, 5.74) is 3.89. The minimum Gasteiger partial charge on any atom is -0.130 e. The van der Waals surface area contributed by atoms with Gasteiger partial charge in [0.1, 0.15) is 0 Å². The lowest BCUT2D eigenvalue weighted by molar-refractivity contribution is 1.44. The first-order valence-electron chi connectivity index (χ1n) is 6.01. The fourth-order valence-electron chi connectivity index (χ4n) is 1.61. The summed E-state index contributed by atoms with van der Waals surface area (Å²) in [6.45, 7) is 6.12. The zero-order chi connectivity index (χ0) is 12.7. The minimum absolute atomic E-state index is 1.29. The predicted octanol–water partition coefficient (Wildman–Crippen LogP) is 5.41. The molecule has 2 rings (SSSR count). The molecule has 0 saturated carbocycles. The van der Waals surface area contributed by atoms with E-state index >= 15 is 0 Å². The lowest BCUT2D eigenvalue weighted by Gasteiger charge is -2.03. The van der Waals surface area contributed by atoms with E-state index in [2.05, 4.69) is 61.7 Å². The molecule has 0 aliphatic heterocycles. The van der Waals surface area contributed by atoms with Crippen LogP contribution in [0.25, 0.3) is 11.1 Å². The third-order valence-electron chi connectivity index (χ3n) is 2.44. The van der Waals surface area contributed by atoms with Crippen molar-refractivity contribution < 1.29 is 0 Å². The summed E-state index contributed by atoms with van der Waals surface area (Å²) in [5.74, 6) is 0. The van der Waals surface area contributed by atoms with Crippen LogP contribution in [0.2, 0.25) is 0 Å². The van der Waals surface area contributed by atoms with E-state index in [9.17, 15) is 0 Å². The first-order chi connectivity index (χ1) is 8.29. The van der Waals surface area contributed by atoms with Crippen molar-refractivity contribution in [3.63, 3.8) is 0 Å². The van der Waals surface area contributed by atoms with Gasteiger partial charge in [-0.05, 0) is 36.4 Å². The molecule has 1 heteroatoms. The van der Waals surface area contributed by atoms with Crippen LogP contribution >= 0.6 is 11.8 Å². The second kappa shape index (κ2) is 7.18. The molecule has 2 aromatic rings. The quantitative estimate of drug-likeness (QED) is 0.636. The Bertz CT molecular complexity index is 443. The van der Waals surface area contributed by atoms with Crippen LogP contribution in [0.4, 0.5) is 0 Å². The molecule has 0 N–H and O–H groups in total. The van der Waals surface area contributed by atoms with Gasteiger partial charge in [-0.1, -0.05) is 55.8 Å². The number of thioether (sulfide) groups is 1. The summed E-state index contributed by atoms with van der Waals surface area (Å²) < 4.78 is 0. The summed E-state index contributed by atoms with van der Waals surface area (Å²) >= 11 is 1.78. The molecular weight excluding hydrogens is 224 g/mol. The largest absolute Gasteiger partial charge is 0.130 e. The highest BCUT2D eigenvalue weighted by Gasteiger charge is 1.97. The van der Waals surface area contributed by atoms with E-state index in [1.807, 2.05) is 13.8 Å². The molecule has 0 aromatic heterocycles. The van der Waals surface area contributed by atoms with Crippen LogP contribution in [-0.2, 0) is 0 Å². The maximum Gasteiger partial charge on any atom is 0.00695 e. The van der Waals surface area contributed by atoms with Gasteiger partial charge in [0.25, 0.3) is 0 Å². The highest BCUT2D eigenvalue weighted by molar-refractivity contribution is 7.98. The molecule has 0 radical (unpaired) electrons. The predicted molar refractivity (Wildman–Crippen MR) is 79.7 cm³/mol. The Morgan fingerprint density at radius 1 is 0.824 bits per heavy atom. The Labute approximate surface area is 109 Å². The first-order valence-corrected chi connectivity index (χ1v) is 7.23. The maximum absolute atomic E-state index is 2.22. The Balaban J connectivity index is 0.000000686. The standard InChI is InChI=1S/C14H14S.C2H6/c1-11-4-3-5-13(10-11)12-6-8-14(15-2)9-7-12;1-2/h3-10H,1-2H3;1-2H3. The number of hydrogen-bond acceptors (Lipinski definition) is 1. The van der Waals surface area contributed by atoms with E-state index in [1.54, 1.807) is 11.8 Å². The average Bonchev–Trinajstić information content (AvgIpc) is 2.41. The van der Waals surface area contributed by atoms with E-state index in [0.29, 0.717) is 0 Å². The van der Waals surface area contributed by atoms with Crippen LogP contribution in [-0.4, -0.2) is 6.26 Å². The Morgan fingerprint density at radius 3 is 2.00 bits per heavy atom. The summed E-state index contributed by atoms with van der Waals surface area (Å²) in [5, 5.41) is 0. The van der Waals surface area contributed by atoms with Crippen LogP contribution in [0.3, 0.4) is 0 Å². The van der Waals surface area contributed by atoms with Crippen LogP contribution in [0.15, 0.2) is 53.4 Å². The van der Waals surface area contributed by atoms with Crippen molar-refractivity contribution in [3.8, 4) is 11.1 Å². The first kappa shape index (κ1) is 13.9. The van der Waals surface area contributed by atoms with Gasteiger partial charge in [0, 0.05) is 4.90 Å². The SMILES string of the molecule is CC.CSc1ccc(-c2cccc(C)c2)cc1. The summed E-state index contributed by atoms with van der Waals surface area (Å²) in [6.07, 6.45) is 2.10. The van der Waals surface area contributed by atoms with Crippen molar-refractivity contribution in [2.45, 2.75) is 25.7 Å². The van der Waals surface area contributed by atoms with Crippen LogP contribution in [0.1, 0.15) is 19.4 Å². The molecule has 0 saturated heterocycles. The fraction of sp³-hybridized carbons (Fsp3) is 0.250. The van der Waals surface area contributed by atoms with Gasteiger partial charge in [-0.3, -0.25) is 0 Å². The van der Waals surface area contributed by atoms with Crippen LogP contribution in [0.5, 0.6) is 0 Å². The van der Waals surface area contributed by atoms with Crippen LogP contribution in [0, 0.1) is 6.92 Å². The third-order valence-corrected chi connectivity index (χ3v) is 3.18. The number of rotatable bonds is 2. The maximum atomic E-state index is 2.22. The molecule has 2 aromatic carbocycles.